The molecule has 0 aliphatic rings. The van der Waals surface area contributed by atoms with Crippen molar-refractivity contribution in [2.24, 2.45) is 0 Å². The summed E-state index contributed by atoms with van der Waals surface area (Å²) >= 11 is 0. The lowest BCUT2D eigenvalue weighted by atomic mass is 9.96. The summed E-state index contributed by atoms with van der Waals surface area (Å²) in [5, 5.41) is 0. The Bertz CT molecular complexity index is 722. The number of methoxy groups -OCH3 is 1. The van der Waals surface area contributed by atoms with Crippen LogP contribution >= 0.6 is 0 Å². The molecule has 0 atom stereocenters. The van der Waals surface area contributed by atoms with Crippen molar-refractivity contribution in [3.05, 3.63) is 59.2 Å². The quantitative estimate of drug-likeness (QED) is 0.836. The molecule has 0 bridgehead atoms. The molecule has 6 heteroatoms. The van der Waals surface area contributed by atoms with E-state index in [1.165, 1.54) is 24.1 Å². The highest BCUT2D eigenvalue weighted by Gasteiger charge is 2.30. The highest BCUT2D eigenvalue weighted by molar-refractivity contribution is 5.94. The average Bonchev–Trinajstić information content (AvgIpc) is 2.53. The molecule has 0 saturated carbocycles. The van der Waals surface area contributed by atoms with Crippen molar-refractivity contribution in [2.45, 2.75) is 12.8 Å². The van der Waals surface area contributed by atoms with Crippen LogP contribution in [0.3, 0.4) is 0 Å². The number of carbonyl (C=O) groups is 1. The number of hydrogen-bond acceptors (Lipinski definition) is 2. The number of amides is 1. The van der Waals surface area contributed by atoms with E-state index in [0.29, 0.717) is 11.1 Å². The van der Waals surface area contributed by atoms with Crippen LogP contribution in [0.4, 0.5) is 13.2 Å². The van der Waals surface area contributed by atoms with Crippen LogP contribution in [-0.2, 0) is 17.5 Å². The predicted octanol–water partition coefficient (Wildman–Crippen LogP) is 4.22. The highest BCUT2D eigenvalue weighted by Crippen LogP contribution is 2.32. The molecule has 0 spiro atoms. The minimum Gasteiger partial charge on any atom is -0.380 e. The first-order valence-corrected chi connectivity index (χ1v) is 7.25. The van der Waals surface area contributed by atoms with E-state index in [0.717, 1.165) is 23.3 Å². The molecular formula is C18H18F3NO2. The van der Waals surface area contributed by atoms with Crippen molar-refractivity contribution in [3.8, 4) is 11.1 Å². The molecule has 24 heavy (non-hydrogen) atoms. The van der Waals surface area contributed by atoms with Crippen LogP contribution < -0.4 is 0 Å². The van der Waals surface area contributed by atoms with Crippen molar-refractivity contribution in [1.29, 1.82) is 0 Å². The zero-order valence-corrected chi connectivity index (χ0v) is 13.6. The maximum absolute atomic E-state index is 12.7. The van der Waals surface area contributed by atoms with Gasteiger partial charge in [0.25, 0.3) is 5.91 Å². The minimum atomic E-state index is -4.37. The molecule has 1 amide bonds. The Morgan fingerprint density at radius 3 is 2.21 bits per heavy atom. The zero-order chi connectivity index (χ0) is 17.9. The van der Waals surface area contributed by atoms with Gasteiger partial charge in [0.05, 0.1) is 12.2 Å². The first-order valence-electron chi connectivity index (χ1n) is 7.25. The largest absolute Gasteiger partial charge is 0.416 e. The fourth-order valence-corrected chi connectivity index (χ4v) is 2.38. The van der Waals surface area contributed by atoms with Crippen molar-refractivity contribution in [3.63, 3.8) is 0 Å². The summed E-state index contributed by atoms with van der Waals surface area (Å²) in [6.45, 7) is 0.255. The third kappa shape index (κ3) is 3.94. The third-order valence-electron chi connectivity index (χ3n) is 3.58. The van der Waals surface area contributed by atoms with Crippen LogP contribution in [0, 0.1) is 0 Å². The van der Waals surface area contributed by atoms with Crippen LogP contribution in [0.2, 0.25) is 0 Å². The van der Waals surface area contributed by atoms with Gasteiger partial charge in [-0.25, -0.2) is 0 Å². The van der Waals surface area contributed by atoms with E-state index in [-0.39, 0.29) is 12.5 Å². The van der Waals surface area contributed by atoms with E-state index < -0.39 is 11.7 Å². The van der Waals surface area contributed by atoms with E-state index in [1.54, 1.807) is 32.3 Å². The Morgan fingerprint density at radius 2 is 1.71 bits per heavy atom. The van der Waals surface area contributed by atoms with E-state index in [9.17, 15) is 18.0 Å². The van der Waals surface area contributed by atoms with Gasteiger partial charge in [0.15, 0.2) is 0 Å². The maximum Gasteiger partial charge on any atom is 0.416 e. The first-order chi connectivity index (χ1) is 11.2. The van der Waals surface area contributed by atoms with E-state index in [4.69, 9.17) is 4.74 Å². The number of alkyl halides is 3. The molecule has 2 rings (SSSR count). The number of halogens is 3. The van der Waals surface area contributed by atoms with Crippen molar-refractivity contribution >= 4 is 5.91 Å². The van der Waals surface area contributed by atoms with Gasteiger partial charge in [-0.3, -0.25) is 4.79 Å². The number of ether oxygens (including phenoxy) is 1. The first kappa shape index (κ1) is 18.0. The van der Waals surface area contributed by atoms with Gasteiger partial charge in [-0.2, -0.15) is 13.2 Å². The Hall–Kier alpha value is -2.34. The molecule has 0 radical (unpaired) electrons. The molecule has 0 N–H and O–H groups in total. The second-order valence-corrected chi connectivity index (χ2v) is 5.58. The molecule has 0 heterocycles. The second kappa shape index (κ2) is 7.05. The van der Waals surface area contributed by atoms with Gasteiger partial charge >= 0.3 is 6.18 Å². The van der Waals surface area contributed by atoms with E-state index >= 15 is 0 Å². The van der Waals surface area contributed by atoms with Crippen LogP contribution in [0.5, 0.6) is 0 Å². The number of nitrogens with zero attached hydrogens (tertiary/aromatic N) is 1. The zero-order valence-electron chi connectivity index (χ0n) is 13.6. The highest BCUT2D eigenvalue weighted by atomic mass is 19.4. The van der Waals surface area contributed by atoms with Crippen LogP contribution in [0.1, 0.15) is 21.5 Å². The second-order valence-electron chi connectivity index (χ2n) is 5.58. The van der Waals surface area contributed by atoms with Gasteiger partial charge in [-0.1, -0.05) is 18.2 Å². The maximum atomic E-state index is 12.7. The molecule has 0 aliphatic carbocycles. The molecule has 0 fully saturated rings. The van der Waals surface area contributed by atoms with Gasteiger partial charge < -0.3 is 9.64 Å². The van der Waals surface area contributed by atoms with Gasteiger partial charge in [0.2, 0.25) is 0 Å². The normalized spacial score (nSPS) is 11.4. The summed E-state index contributed by atoms with van der Waals surface area (Å²) in [6, 6.07) is 10.0. The van der Waals surface area contributed by atoms with Gasteiger partial charge in [-0.05, 0) is 41.0 Å². The van der Waals surface area contributed by atoms with Crippen LogP contribution in [0.25, 0.3) is 11.1 Å². The Balaban J connectivity index is 2.44. The molecule has 0 saturated heterocycles. The summed E-state index contributed by atoms with van der Waals surface area (Å²) in [4.78, 5) is 13.5. The molecule has 0 unspecified atom stereocenters. The van der Waals surface area contributed by atoms with Crippen molar-refractivity contribution < 1.29 is 22.7 Å². The molecule has 2 aromatic carbocycles. The van der Waals surface area contributed by atoms with E-state index in [1.807, 2.05) is 0 Å². The average molecular weight is 337 g/mol. The summed E-state index contributed by atoms with van der Waals surface area (Å²) in [6.07, 6.45) is -4.37. The predicted molar refractivity (Wildman–Crippen MR) is 85.6 cm³/mol. The Labute approximate surface area is 138 Å². The molecular weight excluding hydrogens is 319 g/mol. The number of carbonyl (C=O) groups excluding carboxylic acids is 1. The fourth-order valence-electron chi connectivity index (χ4n) is 2.38. The third-order valence-corrected chi connectivity index (χ3v) is 3.58. The summed E-state index contributed by atoms with van der Waals surface area (Å²) < 4.78 is 43.2. The van der Waals surface area contributed by atoms with Crippen molar-refractivity contribution in [2.75, 3.05) is 21.2 Å². The van der Waals surface area contributed by atoms with E-state index in [2.05, 4.69) is 0 Å². The number of hydrogen-bond donors (Lipinski definition) is 0. The lowest BCUT2D eigenvalue weighted by molar-refractivity contribution is -0.137. The monoisotopic (exact) mass is 337 g/mol. The lowest BCUT2D eigenvalue weighted by Crippen LogP contribution is -2.21. The van der Waals surface area contributed by atoms with Gasteiger partial charge in [-0.15, -0.1) is 0 Å². The lowest BCUT2D eigenvalue weighted by Gasteiger charge is -2.15. The van der Waals surface area contributed by atoms with Gasteiger partial charge in [0, 0.05) is 26.8 Å². The summed E-state index contributed by atoms with van der Waals surface area (Å²) in [7, 11) is 4.83. The topological polar surface area (TPSA) is 29.5 Å². The fraction of sp³-hybridized carbons (Fsp3) is 0.278. The molecule has 0 aromatic heterocycles. The minimum absolute atomic E-state index is 0.147. The number of rotatable bonds is 4. The Morgan fingerprint density at radius 1 is 1.08 bits per heavy atom. The van der Waals surface area contributed by atoms with Crippen molar-refractivity contribution in [1.82, 2.24) is 4.90 Å². The standard InChI is InChI=1S/C18H18F3NO2/c1-22(2)17(23)13-6-9-16(14(10-13)11-24-3)12-4-7-15(8-5-12)18(19,20)21/h4-10H,11H2,1-3H3. The van der Waals surface area contributed by atoms with Gasteiger partial charge in [0.1, 0.15) is 0 Å². The SMILES string of the molecule is COCc1cc(C(=O)N(C)C)ccc1-c1ccc(C(F)(F)F)cc1. The summed E-state index contributed by atoms with van der Waals surface area (Å²) in [5.74, 6) is -0.147. The van der Waals surface area contributed by atoms with Crippen LogP contribution in [-0.4, -0.2) is 32.0 Å². The molecule has 0 aliphatic heterocycles. The number of benzene rings is 2. The Kier molecular flexibility index (Phi) is 5.29. The molecule has 128 valence electrons. The summed E-state index contributed by atoms with van der Waals surface area (Å²) in [5.41, 5.74) is 1.92. The van der Waals surface area contributed by atoms with Crippen LogP contribution in [0.15, 0.2) is 42.5 Å². The smallest absolute Gasteiger partial charge is 0.380 e. The molecule has 2 aromatic rings. The molecule has 3 nitrogen and oxygen atoms in total.